The molecule has 0 saturated heterocycles. The molecule has 1 atom stereocenters. The van der Waals surface area contributed by atoms with Gasteiger partial charge in [-0.1, -0.05) is 0 Å². The topological polar surface area (TPSA) is 135 Å². The second-order valence-electron chi connectivity index (χ2n) is 2.59. The Labute approximate surface area is 137 Å². The normalized spacial score (nSPS) is 11.8. The number of aliphatic carboxylic acids is 2. The molecule has 1 N–H and O–H groups in total. The van der Waals surface area contributed by atoms with Gasteiger partial charge in [-0.05, 0) is 19.3 Å². The van der Waals surface area contributed by atoms with E-state index in [1.807, 2.05) is 0 Å². The van der Waals surface area contributed by atoms with Crippen molar-refractivity contribution < 1.29 is 91.9 Å². The Bertz CT molecular complexity index is 326. The van der Waals surface area contributed by atoms with E-state index in [0.29, 0.717) is 0 Å². The van der Waals surface area contributed by atoms with Gasteiger partial charge in [0.05, 0.1) is 5.97 Å². The summed E-state index contributed by atoms with van der Waals surface area (Å²) in [5.74, 6) is -3.37. The molecule has 0 heterocycles. The summed E-state index contributed by atoms with van der Waals surface area (Å²) in [6.07, 6.45) is -1.21. The van der Waals surface area contributed by atoms with Crippen LogP contribution in [0, 0.1) is 0 Å². The number of carbonyl (C=O) groups is 2. The number of hydrogen-bond donors (Lipinski definition) is 1. The Balaban J connectivity index is -0.000000845. The molecule has 0 amide bonds. The van der Waals surface area contributed by atoms with Gasteiger partial charge in [-0.25, -0.2) is 0 Å². The van der Waals surface area contributed by atoms with E-state index in [9.17, 15) is 28.2 Å². The first-order valence-corrected chi connectivity index (χ1v) is 5.12. The predicted octanol–water partition coefficient (Wildman–Crippen LogP) is -9.08. The standard InChI is InChI=1S/C6H10O7S.2Na/c7-5(8)3-1-2-4(6(9)10)14(11,12)13;;/h4H,1-3H2,(H,7,8)(H,9,10)(H,11,12,13);;/q;2*+1/p-2. The molecule has 0 bridgehead atoms. The van der Waals surface area contributed by atoms with Crippen molar-refractivity contribution in [3.05, 3.63) is 0 Å². The number of hydrogen-bond acceptors (Lipinski definition) is 6. The fourth-order valence-corrected chi connectivity index (χ4v) is 1.53. The van der Waals surface area contributed by atoms with Crippen LogP contribution in [0.15, 0.2) is 0 Å². The van der Waals surface area contributed by atoms with Gasteiger partial charge in [-0.2, -0.15) is 8.42 Å². The molecular weight excluding hydrogens is 262 g/mol. The minimum Gasteiger partial charge on any atom is -0.550 e. The average Bonchev–Trinajstić information content (AvgIpc) is 1.94. The van der Waals surface area contributed by atoms with Crippen molar-refractivity contribution in [2.45, 2.75) is 24.5 Å². The van der Waals surface area contributed by atoms with E-state index in [1.165, 1.54) is 0 Å². The predicted molar refractivity (Wildman–Crippen MR) is 39.2 cm³/mol. The molecule has 0 aromatic carbocycles. The number of carboxylic acids is 2. The third kappa shape index (κ3) is 10.0. The summed E-state index contributed by atoms with van der Waals surface area (Å²) in [5.41, 5.74) is 0. The van der Waals surface area contributed by atoms with Gasteiger partial charge < -0.3 is 19.8 Å². The quantitative estimate of drug-likeness (QED) is 0.374. The van der Waals surface area contributed by atoms with E-state index in [0.717, 1.165) is 0 Å². The molecule has 82 valence electrons. The molecule has 0 aliphatic rings. The van der Waals surface area contributed by atoms with Crippen LogP contribution in [0.3, 0.4) is 0 Å². The van der Waals surface area contributed by atoms with Gasteiger partial charge >= 0.3 is 59.1 Å². The molecule has 0 aromatic rings. The van der Waals surface area contributed by atoms with Gasteiger partial charge in [0, 0.05) is 5.97 Å². The maximum Gasteiger partial charge on any atom is 1.00 e. The van der Waals surface area contributed by atoms with Crippen molar-refractivity contribution in [3.63, 3.8) is 0 Å². The SMILES string of the molecule is O=C([O-])CCCC(C(=O)[O-])S(=O)(=O)O.[Na+].[Na+]. The van der Waals surface area contributed by atoms with Gasteiger partial charge in [-0.15, -0.1) is 0 Å². The van der Waals surface area contributed by atoms with Crippen LogP contribution in [-0.2, 0) is 19.7 Å². The van der Waals surface area contributed by atoms with Crippen LogP contribution in [0.2, 0.25) is 0 Å². The molecule has 0 rings (SSSR count). The van der Waals surface area contributed by atoms with Gasteiger partial charge in [0.2, 0.25) is 0 Å². The fraction of sp³-hybridized carbons (Fsp3) is 0.667. The molecule has 10 heteroatoms. The number of carbonyl (C=O) groups excluding carboxylic acids is 2. The summed E-state index contributed by atoms with van der Waals surface area (Å²) in [5, 5.41) is 18.0. The van der Waals surface area contributed by atoms with Crippen LogP contribution in [-0.4, -0.2) is 30.2 Å². The Hall–Kier alpha value is 0.850. The number of rotatable bonds is 6. The molecule has 0 saturated carbocycles. The molecule has 0 aliphatic carbocycles. The Morgan fingerprint density at radius 2 is 1.62 bits per heavy atom. The van der Waals surface area contributed by atoms with Crippen LogP contribution < -0.4 is 69.3 Å². The Morgan fingerprint density at radius 1 is 1.19 bits per heavy atom. The van der Waals surface area contributed by atoms with Gasteiger partial charge in [-0.3, -0.25) is 4.55 Å². The molecule has 0 aromatic heterocycles. The minimum absolute atomic E-state index is 0. The van der Waals surface area contributed by atoms with E-state index in [4.69, 9.17) is 4.55 Å². The summed E-state index contributed by atoms with van der Waals surface area (Å²) >= 11 is 0. The van der Waals surface area contributed by atoms with Crippen molar-refractivity contribution >= 4 is 22.1 Å². The second kappa shape index (κ2) is 9.84. The first-order valence-electron chi connectivity index (χ1n) is 3.62. The molecule has 0 fully saturated rings. The molecule has 16 heavy (non-hydrogen) atoms. The number of carboxylic acid groups (broad SMARTS) is 2. The molecule has 0 spiro atoms. The first-order chi connectivity index (χ1) is 6.25. The molecule has 0 aliphatic heterocycles. The van der Waals surface area contributed by atoms with E-state index < -0.39 is 40.1 Å². The zero-order valence-electron chi connectivity index (χ0n) is 9.00. The summed E-state index contributed by atoms with van der Waals surface area (Å²) in [4.78, 5) is 20.1. The zero-order chi connectivity index (χ0) is 11.4. The molecule has 0 radical (unpaired) electrons. The third-order valence-electron chi connectivity index (χ3n) is 1.47. The maximum absolute atomic E-state index is 10.4. The van der Waals surface area contributed by atoms with Crippen molar-refractivity contribution in [2.24, 2.45) is 0 Å². The summed E-state index contributed by atoms with van der Waals surface area (Å²) < 4.78 is 29.2. The van der Waals surface area contributed by atoms with Crippen molar-refractivity contribution in [3.8, 4) is 0 Å². The van der Waals surface area contributed by atoms with Crippen LogP contribution in [0.5, 0.6) is 0 Å². The summed E-state index contributed by atoms with van der Waals surface area (Å²) in [6.45, 7) is 0. The fourth-order valence-electron chi connectivity index (χ4n) is 0.820. The summed E-state index contributed by atoms with van der Waals surface area (Å²) in [6, 6.07) is 0. The van der Waals surface area contributed by atoms with Crippen LogP contribution in [0.4, 0.5) is 0 Å². The molecule has 7 nitrogen and oxygen atoms in total. The maximum atomic E-state index is 10.4. The Kier molecular flexibility index (Phi) is 13.6. The van der Waals surface area contributed by atoms with E-state index in [2.05, 4.69) is 0 Å². The van der Waals surface area contributed by atoms with Crippen molar-refractivity contribution in [1.29, 1.82) is 0 Å². The van der Waals surface area contributed by atoms with Gasteiger partial charge in [0.1, 0.15) is 5.25 Å². The molecular formula is C6H8Na2O7S. The van der Waals surface area contributed by atoms with E-state index >= 15 is 0 Å². The Morgan fingerprint density at radius 3 is 1.88 bits per heavy atom. The largest absolute Gasteiger partial charge is 1.00 e. The monoisotopic (exact) mass is 270 g/mol. The van der Waals surface area contributed by atoms with Gasteiger partial charge in [0.15, 0.2) is 0 Å². The van der Waals surface area contributed by atoms with Crippen molar-refractivity contribution in [2.75, 3.05) is 0 Å². The van der Waals surface area contributed by atoms with Crippen molar-refractivity contribution in [1.82, 2.24) is 0 Å². The average molecular weight is 270 g/mol. The summed E-state index contributed by atoms with van der Waals surface area (Å²) in [7, 11) is -4.74. The van der Waals surface area contributed by atoms with Gasteiger partial charge in [0.25, 0.3) is 10.1 Å². The minimum atomic E-state index is -4.74. The van der Waals surface area contributed by atoms with Crippen LogP contribution >= 0.6 is 0 Å². The molecule has 1 unspecified atom stereocenters. The second-order valence-corrected chi connectivity index (χ2v) is 4.19. The third-order valence-corrected chi connectivity index (χ3v) is 2.62. The first kappa shape index (κ1) is 22.1. The smallest absolute Gasteiger partial charge is 0.550 e. The van der Waals surface area contributed by atoms with E-state index in [1.54, 1.807) is 0 Å². The zero-order valence-corrected chi connectivity index (χ0v) is 13.8. The van der Waals surface area contributed by atoms with Crippen LogP contribution in [0.25, 0.3) is 0 Å². The van der Waals surface area contributed by atoms with Crippen LogP contribution in [0.1, 0.15) is 19.3 Å². The van der Waals surface area contributed by atoms with E-state index in [-0.39, 0.29) is 65.5 Å².